The fraction of sp³-hybridized carbons (Fsp3) is 0.0213. The first-order chi connectivity index (χ1) is 73.6. The lowest BCUT2D eigenvalue weighted by molar-refractivity contribution is 0.660. The zero-order valence-corrected chi connectivity index (χ0v) is 84.2. The van der Waals surface area contributed by atoms with Gasteiger partial charge in [0.1, 0.15) is 11.2 Å². The third-order valence-corrected chi connectivity index (χ3v) is 33.6. The van der Waals surface area contributed by atoms with E-state index in [1.54, 1.807) is 0 Å². The van der Waals surface area contributed by atoms with Gasteiger partial charge in [0, 0.05) is 151 Å². The van der Waals surface area contributed by atoms with Crippen molar-refractivity contribution < 1.29 is 4.42 Å². The van der Waals surface area contributed by atoms with E-state index in [1.807, 2.05) is 46.1 Å². The van der Waals surface area contributed by atoms with Crippen molar-refractivity contribution in [1.29, 1.82) is 0 Å². The molecular weight excluding hydrogens is 1860 g/mol. The van der Waals surface area contributed by atoms with Gasteiger partial charge >= 0.3 is 0 Å². The lowest BCUT2D eigenvalue weighted by atomic mass is 9.82. The number of hydrogen-bond donors (Lipinski definition) is 0. The van der Waals surface area contributed by atoms with Gasteiger partial charge in [0.15, 0.2) is 0 Å². The summed E-state index contributed by atoms with van der Waals surface area (Å²) in [6, 6.07) is 194. The minimum absolute atomic E-state index is 0.0834. The normalized spacial score (nSPS) is 12.1. The monoisotopic (exact) mass is 1950 g/mol. The van der Waals surface area contributed by atoms with Gasteiger partial charge in [0.2, 0.25) is 0 Å². The molecule has 0 saturated carbocycles. The van der Waals surface area contributed by atoms with E-state index in [-0.39, 0.29) is 5.41 Å². The van der Waals surface area contributed by atoms with Crippen LogP contribution in [0.2, 0.25) is 0 Å². The van der Waals surface area contributed by atoms with Crippen LogP contribution in [-0.4, -0.2) is 0 Å². The van der Waals surface area contributed by atoms with Gasteiger partial charge in [-0.05, 0) is 320 Å². The van der Waals surface area contributed by atoms with Crippen LogP contribution >= 0.6 is 34.0 Å². The molecule has 0 atom stereocenters. The van der Waals surface area contributed by atoms with Crippen LogP contribution in [0, 0.1) is 0 Å². The highest BCUT2D eigenvalue weighted by atomic mass is 32.1. The molecule has 0 bridgehead atoms. The molecule has 1 aliphatic carbocycles. The quantitative estimate of drug-likeness (QED) is 0.0953. The Morgan fingerprint density at radius 3 is 0.852 bits per heavy atom. The summed E-state index contributed by atoms with van der Waals surface area (Å²) < 4.78 is 14.3. The molecule has 0 spiro atoms. The molecule has 0 fully saturated rings. The number of rotatable bonds is 15. The number of thiophene rings is 3. The average Bonchev–Trinajstić information content (AvgIpc) is 1.58. The summed E-state index contributed by atoms with van der Waals surface area (Å²) in [5.74, 6) is 0. The molecule has 4 aromatic heterocycles. The largest absolute Gasteiger partial charge is 0.456 e. The molecule has 30 rings (SSSR count). The van der Waals surface area contributed by atoms with Gasteiger partial charge in [-0.2, -0.15) is 0 Å². The number of furan rings is 1. The number of anilines is 12. The smallest absolute Gasteiger partial charge is 0.137 e. The van der Waals surface area contributed by atoms with Gasteiger partial charge in [-0.1, -0.05) is 341 Å². The molecule has 0 N–H and O–H groups in total. The highest BCUT2D eigenvalue weighted by Crippen LogP contribution is 2.54. The molecule has 8 heteroatoms. The van der Waals surface area contributed by atoms with E-state index in [0.29, 0.717) is 0 Å². The summed E-state index contributed by atoms with van der Waals surface area (Å²) in [6.07, 6.45) is 0. The minimum atomic E-state index is -0.0834. The van der Waals surface area contributed by atoms with E-state index >= 15 is 0 Å². The Hall–Kier alpha value is -18.3. The van der Waals surface area contributed by atoms with Crippen molar-refractivity contribution in [3.8, 4) is 44.5 Å². The maximum Gasteiger partial charge on any atom is 0.137 e. The molecule has 0 amide bonds. The standard InChI is InChI=1S/C50H34N2S.C47H33NS.C44H27NOS/c1-4-13-35(14-5-1)36-25-28-41(29-26-36)52(43-20-12-19-42(32-43)51(39-15-6-2-7-16-39)40-17-8-3-9-18-40)44-30-27-37-23-24-38-31-48-45-21-10-11-22-49(45)53-50(48)34-47(38)46(37)33-44;1-47(2)43-14-8-6-12-37(43)38-25-24-36(28-44(38)47)48(34-21-18-31(19-22-34)30-10-4-3-5-11-30)35-23-20-32-16-17-33-26-42-39-13-7-9-15-45(39)49-46(42)29-41(33)40(32)27-35;1-2-8-28(9-3-1)29-16-19-32(20-17-29)45(34-22-23-36-35-10-4-6-12-41(35)46-42(36)26-34)33-21-18-30-14-15-31-24-40-37-11-5-7-13-43(37)47-44(40)27-39(31)38(30)25-33/h1-34H;3-29H,1-2H3;1-27H. The molecule has 4 heterocycles. The van der Waals surface area contributed by atoms with Gasteiger partial charge in [0.25, 0.3) is 0 Å². The van der Waals surface area contributed by atoms with Crippen LogP contribution in [0.3, 0.4) is 0 Å². The number of nitrogens with zero attached hydrogens (tertiary/aromatic N) is 4. The summed E-state index contributed by atoms with van der Waals surface area (Å²) in [4.78, 5) is 9.50. The molecule has 1 aliphatic rings. The highest BCUT2D eigenvalue weighted by molar-refractivity contribution is 7.26. The number of hydrogen-bond acceptors (Lipinski definition) is 8. The first-order valence-electron chi connectivity index (χ1n) is 50.9. The van der Waals surface area contributed by atoms with Crippen LogP contribution in [0.15, 0.2) is 538 Å². The van der Waals surface area contributed by atoms with Crippen molar-refractivity contribution in [1.82, 2.24) is 0 Å². The Kier molecular flexibility index (Phi) is 21.8. The second-order valence-corrected chi connectivity index (χ2v) is 42.6. The van der Waals surface area contributed by atoms with Crippen LogP contribution in [0.5, 0.6) is 0 Å². The third kappa shape index (κ3) is 15.9. The minimum Gasteiger partial charge on any atom is -0.456 e. The van der Waals surface area contributed by atoms with Crippen molar-refractivity contribution in [3.63, 3.8) is 0 Å². The Morgan fingerprint density at radius 2 is 0.430 bits per heavy atom. The van der Waals surface area contributed by atoms with Gasteiger partial charge < -0.3 is 24.0 Å². The van der Waals surface area contributed by atoms with Crippen molar-refractivity contribution in [2.45, 2.75) is 19.3 Å². The maximum atomic E-state index is 6.36. The predicted octanol–water partition coefficient (Wildman–Crippen LogP) is 42.2. The van der Waals surface area contributed by atoms with Crippen LogP contribution in [0.1, 0.15) is 25.0 Å². The molecule has 702 valence electrons. The van der Waals surface area contributed by atoms with Crippen molar-refractivity contribution >= 4 is 249 Å². The SMILES string of the molecule is CC1(C)c2ccccc2-c2ccc(N(c3ccc(-c4ccccc4)cc3)c3ccc4ccc5cc6c(cc5c4c3)sc3ccccc36)cc21.c1ccc(-c2ccc(N(c3ccc4c(c3)oc3ccccc34)c3ccc4ccc5cc6c(cc5c4c3)sc3ccccc36)cc2)cc1.c1ccc(-c2ccc(N(c3cccc(N(c4ccccc4)c4ccccc4)c3)c3ccc4ccc5cc6c(cc5c4c3)sc3ccccc36)cc2)cc1. The van der Waals surface area contributed by atoms with Gasteiger partial charge in [-0.15, -0.1) is 34.0 Å². The zero-order valence-electron chi connectivity index (χ0n) is 81.7. The lowest BCUT2D eigenvalue weighted by Gasteiger charge is -2.29. The van der Waals surface area contributed by atoms with E-state index in [4.69, 9.17) is 4.42 Å². The Balaban J connectivity index is 0.000000108. The molecule has 5 nitrogen and oxygen atoms in total. The van der Waals surface area contributed by atoms with Crippen molar-refractivity contribution in [2.24, 2.45) is 0 Å². The number of para-hydroxylation sites is 3. The van der Waals surface area contributed by atoms with E-state index in [0.717, 1.165) is 84.5 Å². The molecule has 29 aromatic rings. The second kappa shape index (κ2) is 36.8. The molecule has 0 aliphatic heterocycles. The highest BCUT2D eigenvalue weighted by Gasteiger charge is 2.36. The predicted molar refractivity (Wildman–Crippen MR) is 643 cm³/mol. The average molecular weight is 1960 g/mol. The first kappa shape index (κ1) is 88.4. The summed E-state index contributed by atoms with van der Waals surface area (Å²) >= 11 is 5.63. The molecule has 149 heavy (non-hydrogen) atoms. The van der Waals surface area contributed by atoms with Crippen molar-refractivity contribution in [2.75, 3.05) is 19.6 Å². The third-order valence-electron chi connectivity index (χ3n) is 30.2. The number of benzene rings is 25. The van der Waals surface area contributed by atoms with E-state index in [1.165, 1.54) is 186 Å². The fourth-order valence-electron chi connectivity index (χ4n) is 22.9. The summed E-state index contributed by atoms with van der Waals surface area (Å²) in [6.45, 7) is 4.72. The van der Waals surface area contributed by atoms with Gasteiger partial charge in [-0.3, -0.25) is 0 Å². The lowest BCUT2D eigenvalue weighted by Crippen LogP contribution is -2.16. The Morgan fingerprint density at radius 1 is 0.154 bits per heavy atom. The van der Waals surface area contributed by atoms with E-state index < -0.39 is 0 Å². The van der Waals surface area contributed by atoms with E-state index in [2.05, 4.69) is 555 Å². The zero-order chi connectivity index (χ0) is 98.7. The molecule has 0 saturated heterocycles. The summed E-state index contributed by atoms with van der Waals surface area (Å²) in [5, 5.41) is 25.4. The molecule has 0 unspecified atom stereocenters. The Bertz CT molecular complexity index is 10200. The topological polar surface area (TPSA) is 26.1 Å². The Labute approximate surface area is 875 Å². The first-order valence-corrected chi connectivity index (χ1v) is 53.4. The van der Waals surface area contributed by atoms with Gasteiger partial charge in [0.05, 0.1) is 0 Å². The molecular formula is C141H94N4OS3. The second-order valence-electron chi connectivity index (χ2n) is 39.4. The van der Waals surface area contributed by atoms with Crippen LogP contribution in [0.25, 0.3) is 192 Å². The molecule has 25 aromatic carbocycles. The molecule has 0 radical (unpaired) electrons. The van der Waals surface area contributed by atoms with Crippen LogP contribution in [-0.2, 0) is 5.41 Å². The van der Waals surface area contributed by atoms with Crippen molar-refractivity contribution in [3.05, 3.63) is 545 Å². The van der Waals surface area contributed by atoms with Crippen LogP contribution < -0.4 is 19.6 Å². The summed E-state index contributed by atoms with van der Waals surface area (Å²) in [5.41, 5.74) is 27.7. The van der Waals surface area contributed by atoms with Crippen LogP contribution in [0.4, 0.5) is 68.2 Å². The summed E-state index contributed by atoms with van der Waals surface area (Å²) in [7, 11) is 0. The maximum absolute atomic E-state index is 6.36. The number of fused-ring (bicyclic) bond motifs is 24. The van der Waals surface area contributed by atoms with E-state index in [9.17, 15) is 0 Å². The van der Waals surface area contributed by atoms with Gasteiger partial charge in [-0.25, -0.2) is 0 Å². The fourth-order valence-corrected chi connectivity index (χ4v) is 26.3.